The zero-order valence-corrected chi connectivity index (χ0v) is 16.6. The molecule has 0 aliphatic carbocycles. The van der Waals surface area contributed by atoms with Gasteiger partial charge >= 0.3 is 5.97 Å². The van der Waals surface area contributed by atoms with E-state index in [1.54, 1.807) is 0 Å². The van der Waals surface area contributed by atoms with Crippen LogP contribution in [-0.4, -0.2) is 69.4 Å². The van der Waals surface area contributed by atoms with E-state index in [1.165, 1.54) is 24.3 Å². The molecule has 0 radical (unpaired) electrons. The lowest BCUT2D eigenvalue weighted by molar-refractivity contribution is -0.150. The summed E-state index contributed by atoms with van der Waals surface area (Å²) in [7, 11) is 1.33. The van der Waals surface area contributed by atoms with Crippen molar-refractivity contribution in [3.05, 3.63) is 22.5 Å². The summed E-state index contributed by atoms with van der Waals surface area (Å²) < 4.78 is 5.06. The molecule has 1 fully saturated rings. The van der Waals surface area contributed by atoms with Crippen LogP contribution in [0.4, 0.5) is 5.13 Å². The maximum absolute atomic E-state index is 12.7. The Hall–Kier alpha value is -3.24. The maximum Gasteiger partial charge on any atom is 0.356 e. The Labute approximate surface area is 172 Å². The number of nitrogen functional groups attached to an aromatic ring is 1. The summed E-state index contributed by atoms with van der Waals surface area (Å²) in [6.45, 7) is -0.169. The number of hydrogen-bond acceptors (Lipinski definition) is 10. The first-order valence-electron chi connectivity index (χ1n) is 7.99. The SMILES string of the molecule is C#CCO/N=C(/C(=O)NC1C(=O)N2C(C(=O)O)=C(OC)CSC12)c1csc(N)n1. The molecule has 2 atom stereocenters. The molecule has 2 aliphatic heterocycles. The summed E-state index contributed by atoms with van der Waals surface area (Å²) in [5.41, 5.74) is 5.33. The van der Waals surface area contributed by atoms with Gasteiger partial charge in [0.15, 0.2) is 23.1 Å². The van der Waals surface area contributed by atoms with Gasteiger partial charge in [-0.1, -0.05) is 11.1 Å². The fraction of sp³-hybridized carbons (Fsp3) is 0.312. The Morgan fingerprint density at radius 1 is 1.59 bits per heavy atom. The molecule has 0 spiro atoms. The van der Waals surface area contributed by atoms with Gasteiger partial charge in [0.25, 0.3) is 11.8 Å². The number of thioether (sulfide) groups is 1. The summed E-state index contributed by atoms with van der Waals surface area (Å²) in [4.78, 5) is 46.8. The number of rotatable bonds is 7. The van der Waals surface area contributed by atoms with Crippen molar-refractivity contribution in [2.24, 2.45) is 5.16 Å². The van der Waals surface area contributed by atoms with E-state index in [0.717, 1.165) is 16.2 Å². The van der Waals surface area contributed by atoms with Crippen LogP contribution in [0, 0.1) is 12.3 Å². The average molecular weight is 437 g/mol. The van der Waals surface area contributed by atoms with Gasteiger partial charge in [-0.15, -0.1) is 29.5 Å². The molecule has 2 aliphatic rings. The van der Waals surface area contributed by atoms with Gasteiger partial charge in [-0.05, 0) is 0 Å². The van der Waals surface area contributed by atoms with Crippen LogP contribution < -0.4 is 11.1 Å². The minimum atomic E-state index is -1.28. The number of carboxylic acids is 1. The lowest BCUT2D eigenvalue weighted by Gasteiger charge is -2.48. The maximum atomic E-state index is 12.7. The van der Waals surface area contributed by atoms with Crippen molar-refractivity contribution >= 4 is 51.7 Å². The number of fused-ring (bicyclic) bond motifs is 1. The monoisotopic (exact) mass is 437 g/mol. The molecular weight excluding hydrogens is 422 g/mol. The molecule has 2 unspecified atom stereocenters. The molecule has 11 nitrogen and oxygen atoms in total. The van der Waals surface area contributed by atoms with Gasteiger partial charge in [-0.2, -0.15) is 0 Å². The number of nitrogens with two attached hydrogens (primary N) is 1. The number of hydrogen-bond donors (Lipinski definition) is 3. The smallest absolute Gasteiger partial charge is 0.356 e. The van der Waals surface area contributed by atoms with Crippen LogP contribution in [0.15, 0.2) is 22.0 Å². The number of aliphatic carboxylic acids is 1. The minimum absolute atomic E-state index is 0.162. The predicted octanol–water partition coefficient (Wildman–Crippen LogP) is -0.578. The molecule has 152 valence electrons. The number of thiazole rings is 1. The lowest BCUT2D eigenvalue weighted by atomic mass is 10.0. The number of carbonyl (C=O) groups excluding carboxylic acids is 2. The number of carbonyl (C=O) groups is 3. The largest absolute Gasteiger partial charge is 0.498 e. The van der Waals surface area contributed by atoms with Crippen LogP contribution in [0.5, 0.6) is 0 Å². The molecule has 4 N–H and O–H groups in total. The van der Waals surface area contributed by atoms with Crippen molar-refractivity contribution < 1.29 is 29.1 Å². The highest BCUT2D eigenvalue weighted by Crippen LogP contribution is 2.40. The number of nitrogens with one attached hydrogen (secondary N) is 1. The lowest BCUT2D eigenvalue weighted by Crippen LogP contribution is -2.71. The second kappa shape index (κ2) is 8.41. The summed E-state index contributed by atoms with van der Waals surface area (Å²) in [5.74, 6) is 0.0395. The molecule has 1 aromatic heterocycles. The number of amides is 2. The van der Waals surface area contributed by atoms with Crippen LogP contribution in [0.3, 0.4) is 0 Å². The number of nitrogens with zero attached hydrogens (tertiary/aromatic N) is 3. The zero-order chi connectivity index (χ0) is 21.1. The van der Waals surface area contributed by atoms with E-state index in [1.807, 2.05) is 0 Å². The first kappa shape index (κ1) is 20.5. The molecule has 0 bridgehead atoms. The second-order valence-corrected chi connectivity index (χ2v) is 7.63. The van der Waals surface area contributed by atoms with Crippen molar-refractivity contribution in [3.8, 4) is 12.3 Å². The molecule has 0 saturated carbocycles. The van der Waals surface area contributed by atoms with Gasteiger partial charge < -0.3 is 25.7 Å². The number of carboxylic acid groups (broad SMARTS) is 1. The van der Waals surface area contributed by atoms with Gasteiger partial charge in [0, 0.05) is 5.38 Å². The van der Waals surface area contributed by atoms with E-state index in [9.17, 15) is 19.5 Å². The summed E-state index contributed by atoms with van der Waals surface area (Å²) in [6.07, 6.45) is 5.10. The topological polar surface area (TPSA) is 156 Å². The van der Waals surface area contributed by atoms with Gasteiger partial charge in [0.1, 0.15) is 22.9 Å². The predicted molar refractivity (Wildman–Crippen MR) is 105 cm³/mol. The van der Waals surface area contributed by atoms with Crippen molar-refractivity contribution in [2.75, 3.05) is 25.2 Å². The third kappa shape index (κ3) is 3.84. The number of oxime groups is 1. The Bertz CT molecular complexity index is 965. The van der Waals surface area contributed by atoms with Gasteiger partial charge in [0.05, 0.1) is 12.9 Å². The Balaban J connectivity index is 1.79. The van der Waals surface area contributed by atoms with E-state index < -0.39 is 29.2 Å². The summed E-state index contributed by atoms with van der Waals surface area (Å²) in [6, 6.07) is -0.950. The number of methoxy groups -OCH3 is 1. The van der Waals surface area contributed by atoms with Crippen LogP contribution in [-0.2, 0) is 24.0 Å². The Morgan fingerprint density at radius 3 is 2.93 bits per heavy atom. The average Bonchev–Trinajstić information content (AvgIpc) is 3.13. The molecule has 3 heterocycles. The Kier molecular flexibility index (Phi) is 5.95. The molecule has 3 rings (SSSR count). The zero-order valence-electron chi connectivity index (χ0n) is 14.9. The normalized spacial score (nSPS) is 21.0. The van der Waals surface area contributed by atoms with Gasteiger partial charge in [-0.3, -0.25) is 14.5 Å². The quantitative estimate of drug-likeness (QED) is 0.167. The minimum Gasteiger partial charge on any atom is -0.498 e. The van der Waals surface area contributed by atoms with Crippen LogP contribution >= 0.6 is 23.1 Å². The van der Waals surface area contributed by atoms with Gasteiger partial charge in [0.2, 0.25) is 0 Å². The Morgan fingerprint density at radius 2 is 2.34 bits per heavy atom. The molecular formula is C16H15N5O6S2. The van der Waals surface area contributed by atoms with Gasteiger partial charge in [-0.25, -0.2) is 9.78 Å². The van der Waals surface area contributed by atoms with Crippen molar-refractivity contribution in [2.45, 2.75) is 11.4 Å². The van der Waals surface area contributed by atoms with E-state index in [-0.39, 0.29) is 40.4 Å². The number of aromatic nitrogens is 1. The fourth-order valence-electron chi connectivity index (χ4n) is 2.69. The number of anilines is 1. The number of ether oxygens (including phenoxy) is 1. The van der Waals surface area contributed by atoms with E-state index in [4.69, 9.17) is 21.7 Å². The van der Waals surface area contributed by atoms with E-state index in [2.05, 4.69) is 21.4 Å². The summed E-state index contributed by atoms with van der Waals surface area (Å²) in [5, 5.41) is 16.8. The van der Waals surface area contributed by atoms with E-state index >= 15 is 0 Å². The molecule has 2 amide bonds. The molecule has 0 aromatic carbocycles. The van der Waals surface area contributed by atoms with Crippen LogP contribution in [0.1, 0.15) is 5.69 Å². The summed E-state index contributed by atoms with van der Waals surface area (Å²) >= 11 is 2.37. The van der Waals surface area contributed by atoms with Crippen LogP contribution in [0.25, 0.3) is 0 Å². The standard InChI is InChI=1S/C16H15N5O6S2/c1-3-4-27-20-9(7-5-29-16(17)18-7)12(22)19-10-13(23)21-11(15(24)25)8(26-2)6-28-14(10)21/h1,5,10,14H,4,6H2,2H3,(H2,17,18)(H,19,22)(H,24,25)/b20-9+. The van der Waals surface area contributed by atoms with Crippen molar-refractivity contribution in [3.63, 3.8) is 0 Å². The highest BCUT2D eigenvalue weighted by atomic mass is 32.2. The third-order valence-electron chi connectivity index (χ3n) is 3.95. The first-order chi connectivity index (χ1) is 13.9. The first-order valence-corrected chi connectivity index (χ1v) is 9.92. The number of terminal acetylenes is 1. The molecule has 13 heteroatoms. The van der Waals surface area contributed by atoms with Crippen molar-refractivity contribution in [1.82, 2.24) is 15.2 Å². The highest BCUT2D eigenvalue weighted by molar-refractivity contribution is 8.00. The molecule has 29 heavy (non-hydrogen) atoms. The fourth-order valence-corrected chi connectivity index (χ4v) is 4.55. The van der Waals surface area contributed by atoms with E-state index in [0.29, 0.717) is 0 Å². The van der Waals surface area contributed by atoms with Crippen LogP contribution in [0.2, 0.25) is 0 Å². The molecule has 1 aromatic rings. The number of β-lactam (4-membered cyclic amide) rings is 1. The third-order valence-corrected chi connectivity index (χ3v) is 5.88. The highest BCUT2D eigenvalue weighted by Gasteiger charge is 2.55. The second-order valence-electron chi connectivity index (χ2n) is 5.63. The molecule has 1 saturated heterocycles. The van der Waals surface area contributed by atoms with Crippen molar-refractivity contribution in [1.29, 1.82) is 0 Å².